The number of aromatic nitrogens is 3. The number of methoxy groups -OCH3 is 1. The Balaban J connectivity index is 2.00. The zero-order chi connectivity index (χ0) is 13.7. The van der Waals surface area contributed by atoms with Crippen molar-refractivity contribution in [3.05, 3.63) is 41.9 Å². The van der Waals surface area contributed by atoms with E-state index in [0.29, 0.717) is 12.3 Å². The van der Waals surface area contributed by atoms with E-state index < -0.39 is 6.10 Å². The molecule has 2 rings (SSSR count). The smallest absolute Gasteiger partial charge is 0.212 e. The number of hydrogen-bond acceptors (Lipinski definition) is 4. The van der Waals surface area contributed by atoms with E-state index in [0.717, 1.165) is 24.1 Å². The van der Waals surface area contributed by atoms with Crippen LogP contribution in [0.2, 0.25) is 0 Å². The van der Waals surface area contributed by atoms with Crippen LogP contribution in [0.1, 0.15) is 30.6 Å². The Morgan fingerprint density at radius 2 is 2.21 bits per heavy atom. The summed E-state index contributed by atoms with van der Waals surface area (Å²) in [6.07, 6.45) is 6.33. The van der Waals surface area contributed by atoms with Crippen LogP contribution in [0.25, 0.3) is 0 Å². The van der Waals surface area contributed by atoms with E-state index in [1.807, 2.05) is 16.9 Å². The third-order valence-corrected chi connectivity index (χ3v) is 2.93. The lowest BCUT2D eigenvalue weighted by atomic mass is 10.1. The maximum atomic E-state index is 10.2. The predicted octanol–water partition coefficient (Wildman–Crippen LogP) is 1.97. The summed E-state index contributed by atoms with van der Waals surface area (Å²) in [6.45, 7) is 2.97. The number of aryl methyl sites for hydroxylation is 1. The molecule has 0 aliphatic carbocycles. The van der Waals surface area contributed by atoms with E-state index in [1.54, 1.807) is 25.6 Å². The van der Waals surface area contributed by atoms with Gasteiger partial charge in [0.05, 0.1) is 19.4 Å². The van der Waals surface area contributed by atoms with Gasteiger partial charge in [0.25, 0.3) is 0 Å². The van der Waals surface area contributed by atoms with Crippen LogP contribution in [0.15, 0.2) is 30.7 Å². The highest BCUT2D eigenvalue weighted by Crippen LogP contribution is 2.18. The first kappa shape index (κ1) is 13.5. The summed E-state index contributed by atoms with van der Waals surface area (Å²) in [7, 11) is 1.58. The maximum Gasteiger partial charge on any atom is 0.212 e. The molecule has 2 heterocycles. The number of rotatable bonds is 6. The van der Waals surface area contributed by atoms with Crippen LogP contribution in [0.4, 0.5) is 0 Å². The van der Waals surface area contributed by atoms with Crippen molar-refractivity contribution in [2.75, 3.05) is 7.11 Å². The maximum absolute atomic E-state index is 10.2. The van der Waals surface area contributed by atoms with Crippen molar-refractivity contribution in [2.24, 2.45) is 0 Å². The molecule has 0 saturated carbocycles. The van der Waals surface area contributed by atoms with Gasteiger partial charge in [0.2, 0.25) is 5.88 Å². The molecule has 2 aromatic rings. The van der Waals surface area contributed by atoms with E-state index in [4.69, 9.17) is 4.74 Å². The van der Waals surface area contributed by atoms with Crippen molar-refractivity contribution < 1.29 is 9.84 Å². The summed E-state index contributed by atoms with van der Waals surface area (Å²) in [5, 5.41) is 14.4. The molecule has 19 heavy (non-hydrogen) atoms. The molecule has 5 nitrogen and oxygen atoms in total. The quantitative estimate of drug-likeness (QED) is 0.863. The Hall–Kier alpha value is -1.88. The zero-order valence-electron chi connectivity index (χ0n) is 11.3. The van der Waals surface area contributed by atoms with Gasteiger partial charge in [-0.3, -0.25) is 4.68 Å². The standard InChI is InChI=1S/C14H19N3O2/c1-3-6-17-10-12(9-16-17)13(18)7-11-4-5-14(19-2)15-8-11/h4-5,8-10,13,18H,3,6-7H2,1-2H3. The fraction of sp³-hybridized carbons (Fsp3) is 0.429. The fourth-order valence-electron chi connectivity index (χ4n) is 1.90. The van der Waals surface area contributed by atoms with Gasteiger partial charge in [0.15, 0.2) is 0 Å². The van der Waals surface area contributed by atoms with E-state index in [1.165, 1.54) is 0 Å². The fourth-order valence-corrected chi connectivity index (χ4v) is 1.90. The molecule has 1 unspecified atom stereocenters. The summed E-state index contributed by atoms with van der Waals surface area (Å²) < 4.78 is 6.85. The Bertz CT molecular complexity index is 508. The van der Waals surface area contributed by atoms with Crippen molar-refractivity contribution in [3.63, 3.8) is 0 Å². The number of ether oxygens (including phenoxy) is 1. The highest BCUT2D eigenvalue weighted by Gasteiger charge is 2.11. The highest BCUT2D eigenvalue weighted by atomic mass is 16.5. The Kier molecular flexibility index (Phi) is 4.52. The van der Waals surface area contributed by atoms with E-state index in [9.17, 15) is 5.11 Å². The molecule has 102 valence electrons. The van der Waals surface area contributed by atoms with Gasteiger partial charge in [-0.05, 0) is 12.0 Å². The summed E-state index contributed by atoms with van der Waals surface area (Å²) in [5.74, 6) is 0.578. The van der Waals surface area contributed by atoms with Gasteiger partial charge < -0.3 is 9.84 Å². The molecular formula is C14H19N3O2. The normalized spacial score (nSPS) is 12.4. The number of aliphatic hydroxyl groups excluding tert-OH is 1. The topological polar surface area (TPSA) is 60.2 Å². The second-order valence-electron chi connectivity index (χ2n) is 4.47. The molecule has 1 atom stereocenters. The Morgan fingerprint density at radius 1 is 1.37 bits per heavy atom. The van der Waals surface area contributed by atoms with Crippen molar-refractivity contribution in [1.29, 1.82) is 0 Å². The summed E-state index contributed by atoms with van der Waals surface area (Å²) >= 11 is 0. The summed E-state index contributed by atoms with van der Waals surface area (Å²) in [6, 6.07) is 3.70. The van der Waals surface area contributed by atoms with Crippen molar-refractivity contribution in [3.8, 4) is 5.88 Å². The molecule has 2 aromatic heterocycles. The van der Waals surface area contributed by atoms with Crippen LogP contribution in [-0.4, -0.2) is 27.0 Å². The number of pyridine rings is 1. The first-order valence-electron chi connectivity index (χ1n) is 6.42. The monoisotopic (exact) mass is 261 g/mol. The molecule has 0 saturated heterocycles. The second-order valence-corrected chi connectivity index (χ2v) is 4.47. The highest BCUT2D eigenvalue weighted by molar-refractivity contribution is 5.20. The molecule has 0 aromatic carbocycles. The lowest BCUT2D eigenvalue weighted by Gasteiger charge is -2.08. The van der Waals surface area contributed by atoms with Gasteiger partial charge in [-0.25, -0.2) is 4.98 Å². The molecule has 1 N–H and O–H groups in total. The Morgan fingerprint density at radius 3 is 2.84 bits per heavy atom. The molecule has 0 bridgehead atoms. The van der Waals surface area contributed by atoms with Gasteiger partial charge >= 0.3 is 0 Å². The van der Waals surface area contributed by atoms with Crippen LogP contribution in [0.3, 0.4) is 0 Å². The largest absolute Gasteiger partial charge is 0.481 e. The Labute approximate surface area is 112 Å². The van der Waals surface area contributed by atoms with Crippen LogP contribution in [-0.2, 0) is 13.0 Å². The molecule has 0 amide bonds. The molecule has 0 fully saturated rings. The van der Waals surface area contributed by atoms with Crippen LogP contribution < -0.4 is 4.74 Å². The third-order valence-electron chi connectivity index (χ3n) is 2.93. The van der Waals surface area contributed by atoms with Crippen LogP contribution in [0.5, 0.6) is 5.88 Å². The molecule has 0 spiro atoms. The van der Waals surface area contributed by atoms with Gasteiger partial charge in [-0.1, -0.05) is 13.0 Å². The number of hydrogen-bond donors (Lipinski definition) is 1. The average molecular weight is 261 g/mol. The first-order valence-corrected chi connectivity index (χ1v) is 6.42. The SMILES string of the molecule is CCCn1cc(C(O)Cc2ccc(OC)nc2)cn1. The lowest BCUT2D eigenvalue weighted by molar-refractivity contribution is 0.178. The van der Waals surface area contributed by atoms with Gasteiger partial charge in [0.1, 0.15) is 0 Å². The summed E-state index contributed by atoms with van der Waals surface area (Å²) in [5.41, 5.74) is 1.81. The molecule has 0 radical (unpaired) electrons. The van der Waals surface area contributed by atoms with E-state index in [-0.39, 0.29) is 0 Å². The molecule has 5 heteroatoms. The van der Waals surface area contributed by atoms with Crippen molar-refractivity contribution in [1.82, 2.24) is 14.8 Å². The van der Waals surface area contributed by atoms with E-state index in [2.05, 4.69) is 17.0 Å². The third kappa shape index (κ3) is 3.54. The predicted molar refractivity (Wildman–Crippen MR) is 72.0 cm³/mol. The average Bonchev–Trinajstić information content (AvgIpc) is 2.89. The van der Waals surface area contributed by atoms with Crippen LogP contribution >= 0.6 is 0 Å². The first-order chi connectivity index (χ1) is 9.22. The van der Waals surface area contributed by atoms with Gasteiger partial charge in [-0.2, -0.15) is 5.10 Å². The molecule has 0 aliphatic heterocycles. The number of aliphatic hydroxyl groups is 1. The molecule has 0 aliphatic rings. The van der Waals surface area contributed by atoms with Crippen LogP contribution in [0, 0.1) is 0 Å². The zero-order valence-corrected chi connectivity index (χ0v) is 11.3. The number of nitrogens with zero attached hydrogens (tertiary/aromatic N) is 3. The van der Waals surface area contributed by atoms with Crippen molar-refractivity contribution >= 4 is 0 Å². The van der Waals surface area contributed by atoms with Crippen molar-refractivity contribution in [2.45, 2.75) is 32.4 Å². The molecular weight excluding hydrogens is 242 g/mol. The minimum absolute atomic E-state index is 0.523. The lowest BCUT2D eigenvalue weighted by Crippen LogP contribution is -2.02. The van der Waals surface area contributed by atoms with E-state index >= 15 is 0 Å². The van der Waals surface area contributed by atoms with Gasteiger partial charge in [-0.15, -0.1) is 0 Å². The minimum Gasteiger partial charge on any atom is -0.481 e. The second kappa shape index (κ2) is 6.33. The minimum atomic E-state index is -0.555. The summed E-state index contributed by atoms with van der Waals surface area (Å²) in [4.78, 5) is 4.12. The van der Waals surface area contributed by atoms with Gasteiger partial charge in [0, 0.05) is 37.0 Å².